The Morgan fingerprint density at radius 3 is 2.00 bits per heavy atom. The maximum Gasteiger partial charge on any atom is 0.416 e. The van der Waals surface area contributed by atoms with Crippen LogP contribution in [-0.2, 0) is 20.5 Å². The lowest BCUT2D eigenvalue weighted by Crippen LogP contribution is -2.47. The van der Waals surface area contributed by atoms with E-state index >= 15 is 0 Å². The summed E-state index contributed by atoms with van der Waals surface area (Å²) < 4.78 is 43.1. The SMILES string of the molecule is O=C(NN1C(=O)C2C3C=CC(O3)C2C1=O)c1ccc(C(F)(F)F)cc1. The molecule has 1 N–H and O–H groups in total. The summed E-state index contributed by atoms with van der Waals surface area (Å²) in [5.74, 6) is -3.33. The standard InChI is InChI=1S/C16H11F3N2O4/c17-16(18,19)8-3-1-7(2-4-8)13(22)20-21-14(23)11-9-5-6-10(25-9)12(11)15(21)24/h1-6,9-12H,(H,20,22). The molecule has 3 aliphatic heterocycles. The zero-order valence-corrected chi connectivity index (χ0v) is 12.5. The Morgan fingerprint density at radius 1 is 1.00 bits per heavy atom. The molecule has 9 heteroatoms. The van der Waals surface area contributed by atoms with Crippen LogP contribution in [0.1, 0.15) is 15.9 Å². The molecular formula is C16H11F3N2O4. The lowest BCUT2D eigenvalue weighted by atomic mass is 9.85. The molecule has 1 aromatic rings. The molecule has 3 heterocycles. The molecule has 6 nitrogen and oxygen atoms in total. The number of hydrogen-bond acceptors (Lipinski definition) is 4. The zero-order chi connectivity index (χ0) is 17.9. The molecular weight excluding hydrogens is 341 g/mol. The summed E-state index contributed by atoms with van der Waals surface area (Å²) >= 11 is 0. The molecule has 25 heavy (non-hydrogen) atoms. The van der Waals surface area contributed by atoms with Crippen LogP contribution >= 0.6 is 0 Å². The van der Waals surface area contributed by atoms with E-state index in [0.717, 1.165) is 24.3 Å². The van der Waals surface area contributed by atoms with Gasteiger partial charge in [0.1, 0.15) is 0 Å². The predicted molar refractivity (Wildman–Crippen MR) is 75.5 cm³/mol. The first-order chi connectivity index (χ1) is 11.8. The van der Waals surface area contributed by atoms with Gasteiger partial charge in [0.15, 0.2) is 0 Å². The van der Waals surface area contributed by atoms with E-state index in [9.17, 15) is 27.6 Å². The number of fused-ring (bicyclic) bond motifs is 5. The monoisotopic (exact) mass is 352 g/mol. The fourth-order valence-corrected chi connectivity index (χ4v) is 3.39. The molecule has 4 atom stereocenters. The summed E-state index contributed by atoms with van der Waals surface area (Å²) in [6.07, 6.45) is -2.07. The molecule has 0 radical (unpaired) electrons. The van der Waals surface area contributed by atoms with Gasteiger partial charge < -0.3 is 4.74 Å². The number of hydrazine groups is 1. The van der Waals surface area contributed by atoms with Crippen molar-refractivity contribution in [2.75, 3.05) is 0 Å². The Bertz CT molecular complexity index is 773. The average Bonchev–Trinajstić information content (AvgIpc) is 3.24. The summed E-state index contributed by atoms with van der Waals surface area (Å²) in [6.45, 7) is 0. The van der Waals surface area contributed by atoms with Gasteiger partial charge in [0, 0.05) is 5.56 Å². The molecule has 0 spiro atoms. The number of amides is 3. The summed E-state index contributed by atoms with van der Waals surface area (Å²) in [7, 11) is 0. The van der Waals surface area contributed by atoms with Crippen molar-refractivity contribution >= 4 is 17.7 Å². The number of ether oxygens (including phenoxy) is 1. The van der Waals surface area contributed by atoms with E-state index in [0.29, 0.717) is 5.01 Å². The van der Waals surface area contributed by atoms with Gasteiger partial charge in [0.05, 0.1) is 29.6 Å². The normalized spacial score (nSPS) is 30.1. The highest BCUT2D eigenvalue weighted by Crippen LogP contribution is 2.44. The lowest BCUT2D eigenvalue weighted by molar-refractivity contribution is -0.145. The molecule has 0 saturated carbocycles. The van der Waals surface area contributed by atoms with Gasteiger partial charge in [-0.3, -0.25) is 19.8 Å². The highest BCUT2D eigenvalue weighted by Gasteiger charge is 2.61. The Morgan fingerprint density at radius 2 is 1.52 bits per heavy atom. The maximum absolute atomic E-state index is 12.5. The number of carbonyl (C=O) groups is 3. The van der Waals surface area contributed by atoms with Crippen molar-refractivity contribution in [2.45, 2.75) is 18.4 Å². The fourth-order valence-electron chi connectivity index (χ4n) is 3.39. The fraction of sp³-hybridized carbons (Fsp3) is 0.312. The third-order valence-corrected chi connectivity index (χ3v) is 4.60. The van der Waals surface area contributed by atoms with Gasteiger partial charge in [-0.1, -0.05) is 12.2 Å². The van der Waals surface area contributed by atoms with E-state index in [-0.39, 0.29) is 5.56 Å². The minimum absolute atomic E-state index is 0.0944. The summed E-state index contributed by atoms with van der Waals surface area (Å²) in [5.41, 5.74) is 1.19. The van der Waals surface area contributed by atoms with Crippen LogP contribution in [0.4, 0.5) is 13.2 Å². The quantitative estimate of drug-likeness (QED) is 0.643. The largest absolute Gasteiger partial charge is 0.416 e. The first kappa shape index (κ1) is 15.8. The highest BCUT2D eigenvalue weighted by atomic mass is 19.4. The summed E-state index contributed by atoms with van der Waals surface area (Å²) in [4.78, 5) is 36.9. The molecule has 0 aromatic heterocycles. The molecule has 3 amide bonds. The number of hydrogen-bond donors (Lipinski definition) is 1. The van der Waals surface area contributed by atoms with Crippen LogP contribution < -0.4 is 5.43 Å². The van der Waals surface area contributed by atoms with Crippen LogP contribution in [0.25, 0.3) is 0 Å². The van der Waals surface area contributed by atoms with E-state index in [1.54, 1.807) is 12.2 Å². The number of carbonyl (C=O) groups excluding carboxylic acids is 3. The van der Waals surface area contributed by atoms with Crippen LogP contribution in [0.5, 0.6) is 0 Å². The van der Waals surface area contributed by atoms with E-state index in [2.05, 4.69) is 5.43 Å². The second-order valence-electron chi connectivity index (χ2n) is 6.03. The molecule has 0 aliphatic carbocycles. The highest BCUT2D eigenvalue weighted by molar-refractivity contribution is 6.09. The Labute approximate surface area is 139 Å². The number of alkyl halides is 3. The second kappa shape index (κ2) is 5.16. The van der Waals surface area contributed by atoms with E-state index < -0.39 is 53.5 Å². The smallest absolute Gasteiger partial charge is 0.365 e. The van der Waals surface area contributed by atoms with Gasteiger partial charge in [0.25, 0.3) is 17.7 Å². The van der Waals surface area contributed by atoms with Crippen molar-refractivity contribution in [2.24, 2.45) is 11.8 Å². The van der Waals surface area contributed by atoms with Crippen molar-refractivity contribution in [1.29, 1.82) is 0 Å². The molecule has 4 unspecified atom stereocenters. The zero-order valence-electron chi connectivity index (χ0n) is 12.5. The third-order valence-electron chi connectivity index (χ3n) is 4.60. The molecule has 4 rings (SSSR count). The van der Waals surface area contributed by atoms with Crippen LogP contribution in [0.15, 0.2) is 36.4 Å². The third kappa shape index (κ3) is 2.34. The summed E-state index contributed by atoms with van der Waals surface area (Å²) in [5, 5.41) is 0.644. The van der Waals surface area contributed by atoms with Crippen molar-refractivity contribution < 1.29 is 32.3 Å². The van der Waals surface area contributed by atoms with Crippen molar-refractivity contribution in [3.8, 4) is 0 Å². The van der Waals surface area contributed by atoms with E-state index in [1.165, 1.54) is 0 Å². The van der Waals surface area contributed by atoms with Gasteiger partial charge >= 0.3 is 6.18 Å². The number of imide groups is 1. The van der Waals surface area contributed by atoms with E-state index in [1.807, 2.05) is 0 Å². The Hall–Kier alpha value is -2.68. The van der Waals surface area contributed by atoms with Crippen molar-refractivity contribution in [3.05, 3.63) is 47.5 Å². The Balaban J connectivity index is 1.50. The number of benzene rings is 1. The molecule has 2 bridgehead atoms. The van der Waals surface area contributed by atoms with Gasteiger partial charge in [-0.25, -0.2) is 0 Å². The molecule has 2 fully saturated rings. The number of halogens is 3. The lowest BCUT2D eigenvalue weighted by Gasteiger charge is -2.18. The number of nitrogens with one attached hydrogen (secondary N) is 1. The minimum Gasteiger partial charge on any atom is -0.365 e. The van der Waals surface area contributed by atoms with Crippen LogP contribution in [0.3, 0.4) is 0 Å². The first-order valence-corrected chi connectivity index (χ1v) is 7.47. The topological polar surface area (TPSA) is 75.7 Å². The van der Waals surface area contributed by atoms with Crippen molar-refractivity contribution in [3.63, 3.8) is 0 Å². The van der Waals surface area contributed by atoms with Crippen LogP contribution in [-0.4, -0.2) is 34.9 Å². The van der Waals surface area contributed by atoms with Gasteiger partial charge in [-0.05, 0) is 24.3 Å². The number of rotatable bonds is 2. The van der Waals surface area contributed by atoms with Gasteiger partial charge in [-0.15, -0.1) is 0 Å². The van der Waals surface area contributed by atoms with Crippen LogP contribution in [0.2, 0.25) is 0 Å². The van der Waals surface area contributed by atoms with E-state index in [4.69, 9.17) is 4.74 Å². The Kier molecular flexibility index (Phi) is 3.26. The molecule has 3 aliphatic rings. The van der Waals surface area contributed by atoms with Gasteiger partial charge in [-0.2, -0.15) is 18.2 Å². The molecule has 1 aromatic carbocycles. The van der Waals surface area contributed by atoms with Gasteiger partial charge in [0.2, 0.25) is 0 Å². The second-order valence-corrected chi connectivity index (χ2v) is 6.03. The average molecular weight is 352 g/mol. The predicted octanol–water partition coefficient (Wildman–Crippen LogP) is 1.29. The van der Waals surface area contributed by atoms with Crippen molar-refractivity contribution in [1.82, 2.24) is 10.4 Å². The summed E-state index contributed by atoms with van der Waals surface area (Å²) in [6, 6.07) is 3.49. The minimum atomic E-state index is -4.51. The molecule has 130 valence electrons. The first-order valence-electron chi connectivity index (χ1n) is 7.47. The number of nitrogens with zero attached hydrogens (tertiary/aromatic N) is 1. The maximum atomic E-state index is 12.5. The molecule has 2 saturated heterocycles. The van der Waals surface area contributed by atoms with Crippen LogP contribution in [0, 0.1) is 11.8 Å².